The lowest BCUT2D eigenvalue weighted by atomic mass is 10.0. The maximum Gasteiger partial charge on any atom is 0.266 e. The third-order valence-electron chi connectivity index (χ3n) is 3.89. The number of unbranched alkanes of at least 4 members (excludes halogenated alkanes) is 8. The fourth-order valence-electron chi connectivity index (χ4n) is 2.59. The van der Waals surface area contributed by atoms with E-state index in [1.54, 1.807) is 6.07 Å². The minimum atomic E-state index is -2.73. The Morgan fingerprint density at radius 2 is 1.43 bits per heavy atom. The summed E-state index contributed by atoms with van der Waals surface area (Å²) in [5, 5.41) is 0. The van der Waals surface area contributed by atoms with Crippen LogP contribution in [0.1, 0.15) is 82.3 Å². The highest BCUT2D eigenvalue weighted by Crippen LogP contribution is 2.25. The molecule has 0 fully saturated rings. The van der Waals surface area contributed by atoms with E-state index in [9.17, 15) is 13.2 Å². The number of aryl methyl sites for hydroxylation is 1. The van der Waals surface area contributed by atoms with E-state index in [4.69, 9.17) is 0 Å². The molecule has 0 aliphatic heterocycles. The van der Waals surface area contributed by atoms with E-state index in [0.717, 1.165) is 19.3 Å². The topological polar surface area (TPSA) is 0 Å². The Hall–Kier alpha value is -0.990. The highest BCUT2D eigenvalue weighted by atomic mass is 19.3. The fourth-order valence-corrected chi connectivity index (χ4v) is 2.59. The average molecular weight is 300 g/mol. The van der Waals surface area contributed by atoms with Crippen molar-refractivity contribution in [3.63, 3.8) is 0 Å². The predicted octanol–water partition coefficient (Wildman–Crippen LogP) is 6.84. The van der Waals surface area contributed by atoms with Crippen LogP contribution in [-0.4, -0.2) is 0 Å². The number of benzene rings is 1. The second-order valence-corrected chi connectivity index (χ2v) is 5.70. The smallest absolute Gasteiger partial charge is 0.206 e. The molecule has 0 atom stereocenters. The first-order valence-electron chi connectivity index (χ1n) is 8.22. The van der Waals surface area contributed by atoms with Crippen molar-refractivity contribution in [2.75, 3.05) is 0 Å². The normalized spacial score (nSPS) is 11.3. The summed E-state index contributed by atoms with van der Waals surface area (Å²) in [5.41, 5.74) is -0.0424. The molecule has 0 aromatic heterocycles. The molecule has 1 rings (SSSR count). The SMILES string of the molecule is CCCCCCCCCCCc1cccc(C(F)F)c1F. The molecule has 21 heavy (non-hydrogen) atoms. The van der Waals surface area contributed by atoms with Gasteiger partial charge in [-0.05, 0) is 18.4 Å². The summed E-state index contributed by atoms with van der Waals surface area (Å²) >= 11 is 0. The summed E-state index contributed by atoms with van der Waals surface area (Å²) in [7, 11) is 0. The third-order valence-corrected chi connectivity index (χ3v) is 3.89. The largest absolute Gasteiger partial charge is 0.266 e. The average Bonchev–Trinajstić information content (AvgIpc) is 2.46. The molecule has 0 aliphatic carbocycles. The summed E-state index contributed by atoms with van der Waals surface area (Å²) in [6, 6.07) is 4.30. The van der Waals surface area contributed by atoms with Crippen molar-refractivity contribution in [1.29, 1.82) is 0 Å². The summed E-state index contributed by atoms with van der Waals surface area (Å²) in [4.78, 5) is 0. The first kappa shape index (κ1) is 18.1. The molecule has 0 N–H and O–H groups in total. The summed E-state index contributed by atoms with van der Waals surface area (Å²) in [6.45, 7) is 2.21. The molecule has 0 radical (unpaired) electrons. The summed E-state index contributed by atoms with van der Waals surface area (Å²) < 4.78 is 39.0. The Morgan fingerprint density at radius 1 is 0.857 bits per heavy atom. The molecule has 0 spiro atoms. The Bertz CT molecular complexity index is 388. The summed E-state index contributed by atoms with van der Waals surface area (Å²) in [5.74, 6) is -0.716. The second-order valence-electron chi connectivity index (χ2n) is 5.70. The summed E-state index contributed by atoms with van der Waals surface area (Å²) in [6.07, 6.45) is 8.62. The van der Waals surface area contributed by atoms with Gasteiger partial charge < -0.3 is 0 Å². The van der Waals surface area contributed by atoms with E-state index >= 15 is 0 Å². The molecule has 0 amide bonds. The van der Waals surface area contributed by atoms with Crippen LogP contribution in [0.4, 0.5) is 13.2 Å². The van der Waals surface area contributed by atoms with E-state index in [2.05, 4.69) is 6.92 Å². The van der Waals surface area contributed by atoms with Gasteiger partial charge in [-0.25, -0.2) is 13.2 Å². The standard InChI is InChI=1S/C18H27F3/c1-2-3-4-5-6-7-8-9-10-12-15-13-11-14-16(17(15)19)18(20)21/h11,13-14,18H,2-10,12H2,1H3. The van der Waals surface area contributed by atoms with Gasteiger partial charge in [0.15, 0.2) is 0 Å². The van der Waals surface area contributed by atoms with Gasteiger partial charge in [0.2, 0.25) is 0 Å². The van der Waals surface area contributed by atoms with Crippen LogP contribution in [0.25, 0.3) is 0 Å². The van der Waals surface area contributed by atoms with Crippen molar-refractivity contribution in [2.45, 2.75) is 77.6 Å². The molecule has 1 aromatic rings. The maximum absolute atomic E-state index is 13.8. The van der Waals surface area contributed by atoms with Gasteiger partial charge in [0, 0.05) is 0 Å². The lowest BCUT2D eigenvalue weighted by Gasteiger charge is -2.07. The minimum Gasteiger partial charge on any atom is -0.206 e. The van der Waals surface area contributed by atoms with E-state index in [-0.39, 0.29) is 0 Å². The van der Waals surface area contributed by atoms with Crippen molar-refractivity contribution in [3.8, 4) is 0 Å². The van der Waals surface area contributed by atoms with Gasteiger partial charge >= 0.3 is 0 Å². The second kappa shape index (κ2) is 10.7. The number of hydrogen-bond donors (Lipinski definition) is 0. The quantitative estimate of drug-likeness (QED) is 0.393. The molecule has 0 saturated carbocycles. The first-order valence-corrected chi connectivity index (χ1v) is 8.22. The van der Waals surface area contributed by atoms with Crippen LogP contribution < -0.4 is 0 Å². The zero-order valence-corrected chi connectivity index (χ0v) is 13.0. The van der Waals surface area contributed by atoms with Gasteiger partial charge in [-0.3, -0.25) is 0 Å². The highest BCUT2D eigenvalue weighted by molar-refractivity contribution is 5.26. The Labute approximate surface area is 126 Å². The lowest BCUT2D eigenvalue weighted by molar-refractivity contribution is 0.146. The van der Waals surface area contributed by atoms with Crippen LogP contribution >= 0.6 is 0 Å². The van der Waals surface area contributed by atoms with E-state index in [1.165, 1.54) is 50.7 Å². The zero-order chi connectivity index (χ0) is 15.5. The molecule has 0 heterocycles. The number of rotatable bonds is 11. The van der Waals surface area contributed by atoms with Gasteiger partial charge in [-0.1, -0.05) is 76.5 Å². The van der Waals surface area contributed by atoms with Crippen LogP contribution in [0.15, 0.2) is 18.2 Å². The van der Waals surface area contributed by atoms with Crippen molar-refractivity contribution in [3.05, 3.63) is 35.1 Å². The van der Waals surface area contributed by atoms with Crippen LogP contribution in [0.2, 0.25) is 0 Å². The molecular formula is C18H27F3. The van der Waals surface area contributed by atoms with Gasteiger partial charge in [0.05, 0.1) is 5.56 Å². The monoisotopic (exact) mass is 300 g/mol. The first-order chi connectivity index (χ1) is 10.2. The van der Waals surface area contributed by atoms with Crippen molar-refractivity contribution >= 4 is 0 Å². The zero-order valence-electron chi connectivity index (χ0n) is 13.0. The van der Waals surface area contributed by atoms with Crippen molar-refractivity contribution in [1.82, 2.24) is 0 Å². The molecule has 0 unspecified atom stereocenters. The van der Waals surface area contributed by atoms with Gasteiger partial charge in [0.1, 0.15) is 5.82 Å². The van der Waals surface area contributed by atoms with Gasteiger partial charge in [0.25, 0.3) is 6.43 Å². The molecule has 0 saturated heterocycles. The maximum atomic E-state index is 13.8. The number of hydrogen-bond acceptors (Lipinski definition) is 0. The molecule has 0 nitrogen and oxygen atoms in total. The molecular weight excluding hydrogens is 273 g/mol. The highest BCUT2D eigenvalue weighted by Gasteiger charge is 2.15. The Balaban J connectivity index is 2.17. The van der Waals surface area contributed by atoms with E-state index < -0.39 is 17.8 Å². The fraction of sp³-hybridized carbons (Fsp3) is 0.667. The van der Waals surface area contributed by atoms with Crippen molar-refractivity contribution < 1.29 is 13.2 Å². The molecule has 1 aromatic carbocycles. The number of halogens is 3. The van der Waals surface area contributed by atoms with Crippen LogP contribution in [0.5, 0.6) is 0 Å². The molecule has 3 heteroatoms. The van der Waals surface area contributed by atoms with E-state index in [0.29, 0.717) is 12.0 Å². The predicted molar refractivity (Wildman–Crippen MR) is 82.3 cm³/mol. The van der Waals surface area contributed by atoms with Crippen LogP contribution in [-0.2, 0) is 6.42 Å². The van der Waals surface area contributed by atoms with Crippen molar-refractivity contribution in [2.24, 2.45) is 0 Å². The molecule has 0 aliphatic rings. The van der Waals surface area contributed by atoms with Gasteiger partial charge in [-0.2, -0.15) is 0 Å². The third kappa shape index (κ3) is 7.01. The van der Waals surface area contributed by atoms with E-state index in [1.807, 2.05) is 0 Å². The van der Waals surface area contributed by atoms with Gasteiger partial charge in [-0.15, -0.1) is 0 Å². The van der Waals surface area contributed by atoms with Crippen LogP contribution in [0, 0.1) is 5.82 Å². The Morgan fingerprint density at radius 3 is 2.00 bits per heavy atom. The minimum absolute atomic E-state index is 0.427. The Kier molecular flexibility index (Phi) is 9.20. The number of alkyl halides is 2. The molecule has 0 bridgehead atoms. The lowest BCUT2D eigenvalue weighted by Crippen LogP contribution is -1.97. The molecule has 120 valence electrons. The van der Waals surface area contributed by atoms with Crippen LogP contribution in [0.3, 0.4) is 0 Å².